The minimum Gasteiger partial charge on any atom is -0.462 e. The van der Waals surface area contributed by atoms with E-state index in [-0.39, 0.29) is 31.1 Å². The Labute approximate surface area is 406 Å². The first-order valence-electron chi connectivity index (χ1n) is 29.3. The molecule has 0 amide bonds. The Morgan fingerprint density at radius 2 is 0.585 bits per heavy atom. The van der Waals surface area contributed by atoms with E-state index in [0.717, 1.165) is 69.6 Å². The number of ether oxygens (including phenoxy) is 3. The Kier molecular flexibility index (Phi) is 50.5. The SMILES string of the molecule is CCCCCCCCCCCCCCCCC(=O)OC[C@@H](COC(=O)CCCCCCCCCCC(C)CC)OC(=O)CCCCCCCCCCCCCCCCCCCCC(C)C. The third-order valence-corrected chi connectivity index (χ3v) is 13.8. The molecule has 0 N–H and O–H groups in total. The van der Waals surface area contributed by atoms with Crippen molar-refractivity contribution in [2.45, 2.75) is 336 Å². The topological polar surface area (TPSA) is 78.9 Å². The lowest BCUT2D eigenvalue weighted by atomic mass is 9.99. The van der Waals surface area contributed by atoms with Gasteiger partial charge in [-0.3, -0.25) is 14.4 Å². The normalized spacial score (nSPS) is 12.5. The second kappa shape index (κ2) is 51.8. The fourth-order valence-corrected chi connectivity index (χ4v) is 9.02. The predicted molar refractivity (Wildman–Crippen MR) is 280 cm³/mol. The first kappa shape index (κ1) is 63.4. The molecule has 386 valence electrons. The van der Waals surface area contributed by atoms with Gasteiger partial charge in [0.1, 0.15) is 13.2 Å². The lowest BCUT2D eigenvalue weighted by Crippen LogP contribution is -2.30. The van der Waals surface area contributed by atoms with E-state index in [4.69, 9.17) is 14.2 Å². The van der Waals surface area contributed by atoms with Gasteiger partial charge in [0.2, 0.25) is 0 Å². The summed E-state index contributed by atoms with van der Waals surface area (Å²) in [6, 6.07) is 0. The monoisotopic (exact) mass is 919 g/mol. The summed E-state index contributed by atoms with van der Waals surface area (Å²) < 4.78 is 16.9. The van der Waals surface area contributed by atoms with E-state index < -0.39 is 6.10 Å². The van der Waals surface area contributed by atoms with Crippen LogP contribution in [-0.4, -0.2) is 37.2 Å². The third-order valence-electron chi connectivity index (χ3n) is 13.8. The van der Waals surface area contributed by atoms with Gasteiger partial charge >= 0.3 is 17.9 Å². The average Bonchev–Trinajstić information content (AvgIpc) is 3.29. The van der Waals surface area contributed by atoms with Crippen LogP contribution in [0.4, 0.5) is 0 Å². The fourth-order valence-electron chi connectivity index (χ4n) is 9.02. The van der Waals surface area contributed by atoms with Crippen molar-refractivity contribution in [2.24, 2.45) is 11.8 Å². The van der Waals surface area contributed by atoms with E-state index in [2.05, 4.69) is 34.6 Å². The van der Waals surface area contributed by atoms with Crippen molar-refractivity contribution < 1.29 is 28.6 Å². The fraction of sp³-hybridized carbons (Fsp3) is 0.949. The molecule has 0 aliphatic heterocycles. The minimum absolute atomic E-state index is 0.0629. The highest BCUT2D eigenvalue weighted by molar-refractivity contribution is 5.71. The smallest absolute Gasteiger partial charge is 0.306 e. The third kappa shape index (κ3) is 51.6. The Balaban J connectivity index is 4.25. The number of carbonyl (C=O) groups excluding carboxylic acids is 3. The zero-order valence-electron chi connectivity index (χ0n) is 44.6. The average molecular weight is 920 g/mol. The van der Waals surface area contributed by atoms with Crippen molar-refractivity contribution in [1.29, 1.82) is 0 Å². The molecule has 2 atom stereocenters. The molecule has 0 bridgehead atoms. The van der Waals surface area contributed by atoms with Crippen molar-refractivity contribution in [2.75, 3.05) is 13.2 Å². The Hall–Kier alpha value is -1.59. The van der Waals surface area contributed by atoms with Gasteiger partial charge in [-0.05, 0) is 31.1 Å². The van der Waals surface area contributed by atoms with Gasteiger partial charge in [0.15, 0.2) is 6.10 Å². The Bertz CT molecular complexity index is 995. The van der Waals surface area contributed by atoms with Crippen LogP contribution in [0.15, 0.2) is 0 Å². The highest BCUT2D eigenvalue weighted by Gasteiger charge is 2.19. The largest absolute Gasteiger partial charge is 0.462 e. The molecule has 0 aromatic carbocycles. The van der Waals surface area contributed by atoms with Crippen molar-refractivity contribution in [3.8, 4) is 0 Å². The van der Waals surface area contributed by atoms with Crippen molar-refractivity contribution in [3.05, 3.63) is 0 Å². The first-order chi connectivity index (χ1) is 31.8. The molecular formula is C59H114O6. The van der Waals surface area contributed by atoms with Crippen LogP contribution >= 0.6 is 0 Å². The Morgan fingerprint density at radius 1 is 0.323 bits per heavy atom. The van der Waals surface area contributed by atoms with Crippen LogP contribution in [0.1, 0.15) is 330 Å². The zero-order chi connectivity index (χ0) is 47.5. The van der Waals surface area contributed by atoms with Crippen LogP contribution in [0.25, 0.3) is 0 Å². The van der Waals surface area contributed by atoms with E-state index in [1.165, 1.54) is 218 Å². The molecular weight excluding hydrogens is 805 g/mol. The molecule has 0 aliphatic carbocycles. The number of esters is 3. The highest BCUT2D eigenvalue weighted by Crippen LogP contribution is 2.19. The van der Waals surface area contributed by atoms with E-state index in [9.17, 15) is 14.4 Å². The van der Waals surface area contributed by atoms with E-state index in [0.29, 0.717) is 19.3 Å². The summed E-state index contributed by atoms with van der Waals surface area (Å²) in [7, 11) is 0. The minimum atomic E-state index is -0.763. The Morgan fingerprint density at radius 3 is 0.877 bits per heavy atom. The summed E-state index contributed by atoms with van der Waals surface area (Å²) in [5.74, 6) is 0.866. The van der Waals surface area contributed by atoms with Gasteiger partial charge in [-0.15, -0.1) is 0 Å². The van der Waals surface area contributed by atoms with Crippen LogP contribution in [0.3, 0.4) is 0 Å². The van der Waals surface area contributed by atoms with Gasteiger partial charge < -0.3 is 14.2 Å². The van der Waals surface area contributed by atoms with Crippen molar-refractivity contribution >= 4 is 17.9 Å². The lowest BCUT2D eigenvalue weighted by Gasteiger charge is -2.18. The molecule has 0 aromatic heterocycles. The van der Waals surface area contributed by atoms with Gasteiger partial charge in [0, 0.05) is 19.3 Å². The molecule has 1 unspecified atom stereocenters. The van der Waals surface area contributed by atoms with E-state index in [1.54, 1.807) is 0 Å². The zero-order valence-corrected chi connectivity index (χ0v) is 44.6. The van der Waals surface area contributed by atoms with Crippen molar-refractivity contribution in [1.82, 2.24) is 0 Å². The van der Waals surface area contributed by atoms with Crippen molar-refractivity contribution in [3.63, 3.8) is 0 Å². The van der Waals surface area contributed by atoms with Gasteiger partial charge in [0.05, 0.1) is 0 Å². The molecule has 0 radical (unpaired) electrons. The summed E-state index contributed by atoms with van der Waals surface area (Å²) >= 11 is 0. The summed E-state index contributed by atoms with van der Waals surface area (Å²) in [4.78, 5) is 38.1. The summed E-state index contributed by atoms with van der Waals surface area (Å²) in [6.07, 6.45) is 55.2. The summed E-state index contributed by atoms with van der Waals surface area (Å²) in [5.41, 5.74) is 0. The standard InChI is InChI=1S/C59H114O6/c1-6-8-9-10-11-12-13-14-22-25-28-34-39-44-49-57(60)63-52-56(53-64-58(61)50-45-40-35-31-30-33-38-43-48-55(5)7-2)65-59(62)51-46-41-36-29-26-23-20-18-16-15-17-19-21-24-27-32-37-42-47-54(3)4/h54-56H,6-53H2,1-5H3/t55?,56-/m0/s1. The quantitative estimate of drug-likeness (QED) is 0.0344. The molecule has 6 nitrogen and oxygen atoms in total. The number of hydrogen-bond donors (Lipinski definition) is 0. The molecule has 0 aliphatic rings. The van der Waals surface area contributed by atoms with Crippen LogP contribution in [0, 0.1) is 11.8 Å². The molecule has 0 saturated heterocycles. The van der Waals surface area contributed by atoms with E-state index in [1.807, 2.05) is 0 Å². The maximum absolute atomic E-state index is 12.9. The second-order valence-corrected chi connectivity index (χ2v) is 21.0. The van der Waals surface area contributed by atoms with Crippen LogP contribution in [0.5, 0.6) is 0 Å². The van der Waals surface area contributed by atoms with Gasteiger partial charge in [-0.25, -0.2) is 0 Å². The van der Waals surface area contributed by atoms with Crippen LogP contribution in [-0.2, 0) is 28.6 Å². The number of rotatable bonds is 53. The molecule has 0 fully saturated rings. The molecule has 0 heterocycles. The number of hydrogen-bond acceptors (Lipinski definition) is 6. The lowest BCUT2D eigenvalue weighted by molar-refractivity contribution is -0.167. The first-order valence-corrected chi connectivity index (χ1v) is 29.3. The highest BCUT2D eigenvalue weighted by atomic mass is 16.6. The maximum Gasteiger partial charge on any atom is 0.306 e. The summed E-state index contributed by atoms with van der Waals surface area (Å²) in [5, 5.41) is 0. The summed E-state index contributed by atoms with van der Waals surface area (Å²) in [6.45, 7) is 11.4. The van der Waals surface area contributed by atoms with E-state index >= 15 is 0 Å². The second-order valence-electron chi connectivity index (χ2n) is 21.0. The molecule has 65 heavy (non-hydrogen) atoms. The van der Waals surface area contributed by atoms with Gasteiger partial charge in [-0.2, -0.15) is 0 Å². The number of unbranched alkanes of at least 4 members (excludes halogenated alkanes) is 37. The maximum atomic E-state index is 12.9. The molecule has 0 rings (SSSR count). The molecule has 6 heteroatoms. The molecule has 0 aromatic rings. The molecule has 0 saturated carbocycles. The van der Waals surface area contributed by atoms with Crippen LogP contribution < -0.4 is 0 Å². The predicted octanol–water partition coefficient (Wildman–Crippen LogP) is 19.3. The molecule has 0 spiro atoms. The number of carbonyl (C=O) groups is 3. The van der Waals surface area contributed by atoms with Gasteiger partial charge in [0.25, 0.3) is 0 Å². The van der Waals surface area contributed by atoms with Crippen LogP contribution in [0.2, 0.25) is 0 Å². The van der Waals surface area contributed by atoms with Gasteiger partial charge in [-0.1, -0.05) is 291 Å².